The molecular formula is C17H27N3O4. The summed E-state index contributed by atoms with van der Waals surface area (Å²) in [6.45, 7) is 6.34. The molecule has 3 heterocycles. The van der Waals surface area contributed by atoms with E-state index in [0.29, 0.717) is 31.9 Å². The zero-order valence-electron chi connectivity index (χ0n) is 14.5. The van der Waals surface area contributed by atoms with Crippen molar-refractivity contribution in [1.82, 2.24) is 15.4 Å². The summed E-state index contributed by atoms with van der Waals surface area (Å²) in [5, 5.41) is 16.1. The van der Waals surface area contributed by atoms with Gasteiger partial charge in [-0.25, -0.2) is 0 Å². The number of aliphatic hydroxyl groups is 1. The third-order valence-electron chi connectivity index (χ3n) is 5.09. The fourth-order valence-electron chi connectivity index (χ4n) is 3.76. The SMILES string of the molecule is Cc1noc(C)c1CCC(=O)N[C@H]1C[C@H]2CO[C@@H](CCO)CN2C1. The number of nitrogens with one attached hydrogen (secondary N) is 1. The Morgan fingerprint density at radius 3 is 2.96 bits per heavy atom. The highest BCUT2D eigenvalue weighted by Crippen LogP contribution is 2.24. The molecule has 2 saturated heterocycles. The fraction of sp³-hybridized carbons (Fsp3) is 0.765. The van der Waals surface area contributed by atoms with E-state index in [1.807, 2.05) is 13.8 Å². The second kappa shape index (κ2) is 7.63. The van der Waals surface area contributed by atoms with Crippen molar-refractivity contribution in [3.8, 4) is 0 Å². The van der Waals surface area contributed by atoms with Gasteiger partial charge in [-0.15, -0.1) is 0 Å². The monoisotopic (exact) mass is 337 g/mol. The smallest absolute Gasteiger partial charge is 0.220 e. The van der Waals surface area contributed by atoms with Gasteiger partial charge in [-0.1, -0.05) is 5.16 Å². The zero-order valence-corrected chi connectivity index (χ0v) is 14.5. The lowest BCUT2D eigenvalue weighted by molar-refractivity contribution is -0.121. The molecule has 2 aliphatic rings. The van der Waals surface area contributed by atoms with E-state index >= 15 is 0 Å². The number of ether oxygens (including phenoxy) is 1. The van der Waals surface area contributed by atoms with Gasteiger partial charge in [0, 0.05) is 43.8 Å². The highest BCUT2D eigenvalue weighted by molar-refractivity contribution is 5.76. The number of aryl methyl sites for hydroxylation is 2. The maximum Gasteiger partial charge on any atom is 0.220 e. The summed E-state index contributed by atoms with van der Waals surface area (Å²) in [6, 6.07) is 0.566. The Morgan fingerprint density at radius 2 is 2.25 bits per heavy atom. The van der Waals surface area contributed by atoms with E-state index in [4.69, 9.17) is 14.4 Å². The van der Waals surface area contributed by atoms with Gasteiger partial charge in [0.05, 0.1) is 18.4 Å². The van der Waals surface area contributed by atoms with E-state index in [1.165, 1.54) is 0 Å². The Morgan fingerprint density at radius 1 is 1.42 bits per heavy atom. The molecule has 0 aromatic carbocycles. The molecule has 0 spiro atoms. The van der Waals surface area contributed by atoms with Crippen molar-refractivity contribution in [2.45, 2.75) is 57.7 Å². The van der Waals surface area contributed by atoms with Crippen LogP contribution in [0.2, 0.25) is 0 Å². The molecule has 24 heavy (non-hydrogen) atoms. The van der Waals surface area contributed by atoms with Crippen LogP contribution in [-0.4, -0.2) is 65.6 Å². The molecule has 1 amide bonds. The summed E-state index contributed by atoms with van der Waals surface area (Å²) in [7, 11) is 0. The molecular weight excluding hydrogens is 310 g/mol. The molecule has 0 aliphatic carbocycles. The fourth-order valence-corrected chi connectivity index (χ4v) is 3.76. The van der Waals surface area contributed by atoms with Crippen molar-refractivity contribution in [1.29, 1.82) is 0 Å². The summed E-state index contributed by atoms with van der Waals surface area (Å²) >= 11 is 0. The zero-order chi connectivity index (χ0) is 17.1. The van der Waals surface area contributed by atoms with Gasteiger partial charge in [-0.05, 0) is 33.1 Å². The number of rotatable bonds is 6. The van der Waals surface area contributed by atoms with Crippen molar-refractivity contribution >= 4 is 5.91 Å². The third kappa shape index (κ3) is 3.96. The number of fused-ring (bicyclic) bond motifs is 1. The van der Waals surface area contributed by atoms with Gasteiger partial charge < -0.3 is 19.7 Å². The van der Waals surface area contributed by atoms with Gasteiger partial charge in [-0.2, -0.15) is 0 Å². The lowest BCUT2D eigenvalue weighted by Crippen LogP contribution is -2.46. The topological polar surface area (TPSA) is 87.8 Å². The quantitative estimate of drug-likeness (QED) is 0.789. The van der Waals surface area contributed by atoms with Crippen LogP contribution in [0, 0.1) is 13.8 Å². The van der Waals surface area contributed by atoms with Gasteiger partial charge >= 0.3 is 0 Å². The van der Waals surface area contributed by atoms with Crippen LogP contribution in [0.1, 0.15) is 36.3 Å². The predicted molar refractivity (Wildman–Crippen MR) is 87.6 cm³/mol. The molecule has 2 fully saturated rings. The van der Waals surface area contributed by atoms with Crippen LogP contribution in [0.4, 0.5) is 0 Å². The molecule has 1 aromatic rings. The average Bonchev–Trinajstić information content (AvgIpc) is 3.08. The third-order valence-corrected chi connectivity index (χ3v) is 5.09. The number of hydrogen-bond donors (Lipinski definition) is 2. The first kappa shape index (κ1) is 17.4. The highest BCUT2D eigenvalue weighted by Gasteiger charge is 2.37. The number of carbonyl (C=O) groups excluding carboxylic acids is 1. The number of carbonyl (C=O) groups is 1. The molecule has 0 saturated carbocycles. The summed E-state index contributed by atoms with van der Waals surface area (Å²) in [5.74, 6) is 0.873. The predicted octanol–water partition coefficient (Wildman–Crippen LogP) is 0.564. The van der Waals surface area contributed by atoms with E-state index in [-0.39, 0.29) is 24.7 Å². The van der Waals surface area contributed by atoms with Gasteiger partial charge in [0.2, 0.25) is 5.91 Å². The number of aromatic nitrogens is 1. The van der Waals surface area contributed by atoms with Gasteiger partial charge in [0.1, 0.15) is 5.76 Å². The van der Waals surface area contributed by atoms with Gasteiger partial charge in [-0.3, -0.25) is 9.69 Å². The van der Waals surface area contributed by atoms with E-state index in [0.717, 1.165) is 36.5 Å². The van der Waals surface area contributed by atoms with E-state index in [2.05, 4.69) is 15.4 Å². The van der Waals surface area contributed by atoms with Crippen molar-refractivity contribution in [3.05, 3.63) is 17.0 Å². The number of hydrogen-bond acceptors (Lipinski definition) is 6. The van der Waals surface area contributed by atoms with Crippen molar-refractivity contribution in [2.75, 3.05) is 26.3 Å². The number of nitrogens with zero attached hydrogens (tertiary/aromatic N) is 2. The molecule has 0 radical (unpaired) electrons. The van der Waals surface area contributed by atoms with Crippen LogP contribution in [0.25, 0.3) is 0 Å². The maximum absolute atomic E-state index is 12.2. The molecule has 1 aromatic heterocycles. The summed E-state index contributed by atoms with van der Waals surface area (Å²) in [4.78, 5) is 14.6. The number of amides is 1. The van der Waals surface area contributed by atoms with Gasteiger partial charge in [0.15, 0.2) is 0 Å². The minimum Gasteiger partial charge on any atom is -0.396 e. The van der Waals surface area contributed by atoms with E-state index in [1.54, 1.807) is 0 Å². The number of aliphatic hydroxyl groups excluding tert-OH is 1. The lowest BCUT2D eigenvalue weighted by Gasteiger charge is -2.34. The van der Waals surface area contributed by atoms with E-state index in [9.17, 15) is 4.79 Å². The largest absolute Gasteiger partial charge is 0.396 e. The highest BCUT2D eigenvalue weighted by atomic mass is 16.5. The molecule has 2 N–H and O–H groups in total. The van der Waals surface area contributed by atoms with Crippen molar-refractivity contribution in [2.24, 2.45) is 0 Å². The Kier molecular flexibility index (Phi) is 5.53. The van der Waals surface area contributed by atoms with Crippen LogP contribution >= 0.6 is 0 Å². The molecule has 7 nitrogen and oxygen atoms in total. The normalized spacial score (nSPS) is 27.2. The van der Waals surface area contributed by atoms with Crippen LogP contribution in [-0.2, 0) is 16.0 Å². The Hall–Kier alpha value is -1.44. The Labute approximate surface area is 142 Å². The maximum atomic E-state index is 12.2. The minimum absolute atomic E-state index is 0.0765. The summed E-state index contributed by atoms with van der Waals surface area (Å²) < 4.78 is 10.9. The molecule has 7 heteroatoms. The minimum atomic E-state index is 0.0765. The first-order valence-electron chi connectivity index (χ1n) is 8.74. The molecule has 3 rings (SSSR count). The standard InChI is InChI=1S/C17H27N3O4/c1-11-16(12(2)24-19-11)3-4-17(22)18-13-7-14-10-23-15(5-6-21)9-20(14)8-13/h13-15,21H,3-10H2,1-2H3,(H,18,22)/t13-,14-,15-/m0/s1. The molecule has 3 atom stereocenters. The van der Waals surface area contributed by atoms with Gasteiger partial charge in [0.25, 0.3) is 0 Å². The Bertz CT molecular complexity index is 555. The second-order valence-electron chi connectivity index (χ2n) is 6.88. The van der Waals surface area contributed by atoms with Crippen LogP contribution < -0.4 is 5.32 Å². The molecule has 2 aliphatic heterocycles. The molecule has 0 unspecified atom stereocenters. The second-order valence-corrected chi connectivity index (χ2v) is 6.88. The molecule has 0 bridgehead atoms. The van der Waals surface area contributed by atoms with Crippen molar-refractivity contribution < 1.29 is 19.2 Å². The van der Waals surface area contributed by atoms with Crippen LogP contribution in [0.3, 0.4) is 0 Å². The van der Waals surface area contributed by atoms with Crippen LogP contribution in [0.15, 0.2) is 4.52 Å². The van der Waals surface area contributed by atoms with Crippen LogP contribution in [0.5, 0.6) is 0 Å². The summed E-state index contributed by atoms with van der Waals surface area (Å²) in [6.07, 6.45) is 2.84. The molecule has 134 valence electrons. The number of morpholine rings is 1. The van der Waals surface area contributed by atoms with E-state index < -0.39 is 0 Å². The Balaban J connectivity index is 1.44. The first-order chi connectivity index (χ1) is 11.6. The average molecular weight is 337 g/mol. The summed E-state index contributed by atoms with van der Waals surface area (Å²) in [5.41, 5.74) is 1.90. The lowest BCUT2D eigenvalue weighted by atomic mass is 10.1. The van der Waals surface area contributed by atoms with Crippen molar-refractivity contribution in [3.63, 3.8) is 0 Å². The first-order valence-corrected chi connectivity index (χ1v) is 8.74.